The van der Waals surface area contributed by atoms with Gasteiger partial charge in [-0.1, -0.05) is 0 Å². The lowest BCUT2D eigenvalue weighted by Gasteiger charge is -2.12. The van der Waals surface area contributed by atoms with Gasteiger partial charge in [0.15, 0.2) is 0 Å². The smallest absolute Gasteiger partial charge is 0.222 e. The Morgan fingerprint density at radius 1 is 1.73 bits per heavy atom. The van der Waals surface area contributed by atoms with E-state index >= 15 is 0 Å². The van der Waals surface area contributed by atoms with E-state index in [1.54, 1.807) is 0 Å². The molecule has 0 bridgehead atoms. The largest absolute Gasteiger partial charge is 0.369 e. The summed E-state index contributed by atoms with van der Waals surface area (Å²) < 4.78 is 1.87. The lowest BCUT2D eigenvalue weighted by Crippen LogP contribution is -2.28. The number of hydrogen-bond donors (Lipinski definition) is 2. The van der Waals surface area contributed by atoms with Crippen LogP contribution in [0.2, 0.25) is 0 Å². The molecule has 1 aromatic heterocycles. The summed E-state index contributed by atoms with van der Waals surface area (Å²) in [6.07, 6.45) is 3.82. The minimum absolute atomic E-state index is 0.0977. The van der Waals surface area contributed by atoms with Crippen LogP contribution in [0, 0.1) is 5.92 Å². The Kier molecular flexibility index (Phi) is 2.73. The maximum atomic E-state index is 11.2. The molecule has 2 heterocycles. The van der Waals surface area contributed by atoms with E-state index in [0.29, 0.717) is 6.54 Å². The normalized spacial score (nSPS) is 25.7. The molecule has 2 rings (SSSR count). The van der Waals surface area contributed by atoms with E-state index in [4.69, 9.17) is 5.73 Å². The molecule has 0 spiro atoms. The van der Waals surface area contributed by atoms with Gasteiger partial charge in [0.05, 0.1) is 12.1 Å². The number of nitrogens with one attached hydrogen (secondary N) is 1. The number of aryl methyl sites for hydroxylation is 1. The van der Waals surface area contributed by atoms with E-state index in [-0.39, 0.29) is 17.7 Å². The molecule has 15 heavy (non-hydrogen) atoms. The zero-order chi connectivity index (χ0) is 10.8. The van der Waals surface area contributed by atoms with Gasteiger partial charge in [0, 0.05) is 31.7 Å². The second-order valence-electron chi connectivity index (χ2n) is 3.90. The molecule has 1 aromatic rings. The van der Waals surface area contributed by atoms with E-state index in [1.807, 2.05) is 24.0 Å². The zero-order valence-electron chi connectivity index (χ0n) is 8.81. The van der Waals surface area contributed by atoms with Gasteiger partial charge in [0.2, 0.25) is 5.91 Å². The lowest BCUT2D eigenvalue weighted by atomic mass is 9.90. The highest BCUT2D eigenvalue weighted by Gasteiger charge is 2.33. The predicted molar refractivity (Wildman–Crippen MR) is 56.2 cm³/mol. The number of aromatic nitrogens is 2. The highest BCUT2D eigenvalue weighted by atomic mass is 16.1. The molecule has 1 amide bonds. The Morgan fingerprint density at radius 3 is 3.13 bits per heavy atom. The number of primary amides is 1. The maximum absolute atomic E-state index is 11.2. The summed E-state index contributed by atoms with van der Waals surface area (Å²) in [5, 5.41) is 7.40. The van der Waals surface area contributed by atoms with Gasteiger partial charge in [-0.15, -0.1) is 0 Å². The third-order valence-electron chi connectivity index (χ3n) is 2.99. The Hall–Kier alpha value is -1.36. The summed E-state index contributed by atoms with van der Waals surface area (Å²) in [6.45, 7) is 4.37. The van der Waals surface area contributed by atoms with Gasteiger partial charge in [-0.3, -0.25) is 9.48 Å². The number of amides is 1. The molecule has 0 aromatic carbocycles. The van der Waals surface area contributed by atoms with Crippen LogP contribution in [0.15, 0.2) is 12.4 Å². The fourth-order valence-corrected chi connectivity index (χ4v) is 2.07. The van der Waals surface area contributed by atoms with Crippen molar-refractivity contribution in [1.29, 1.82) is 0 Å². The van der Waals surface area contributed by atoms with Crippen molar-refractivity contribution in [1.82, 2.24) is 15.1 Å². The lowest BCUT2D eigenvalue weighted by molar-refractivity contribution is -0.121. The molecular formula is C10H16N4O. The quantitative estimate of drug-likeness (QED) is 0.715. The summed E-state index contributed by atoms with van der Waals surface area (Å²) in [7, 11) is 0. The van der Waals surface area contributed by atoms with Gasteiger partial charge in [-0.05, 0) is 12.5 Å². The van der Waals surface area contributed by atoms with Crippen LogP contribution in [0.5, 0.6) is 0 Å². The first-order valence-corrected chi connectivity index (χ1v) is 5.24. The predicted octanol–water partition coefficient (Wildman–Crippen LogP) is -0.309. The standard InChI is InChI=1S/C10H16N4O/c1-2-14-6-7(3-13-14)8-4-12-5-9(8)10(11)15/h3,6,8-9,12H,2,4-5H2,1H3,(H2,11,15). The van der Waals surface area contributed by atoms with Crippen LogP contribution < -0.4 is 11.1 Å². The van der Waals surface area contributed by atoms with E-state index < -0.39 is 0 Å². The molecule has 1 saturated heterocycles. The molecule has 1 aliphatic heterocycles. The summed E-state index contributed by atoms with van der Waals surface area (Å²) in [5.41, 5.74) is 6.46. The van der Waals surface area contributed by atoms with Crippen molar-refractivity contribution in [3.63, 3.8) is 0 Å². The minimum Gasteiger partial charge on any atom is -0.369 e. The van der Waals surface area contributed by atoms with Gasteiger partial charge < -0.3 is 11.1 Å². The molecule has 0 radical (unpaired) electrons. The first-order valence-electron chi connectivity index (χ1n) is 5.24. The Morgan fingerprint density at radius 2 is 2.53 bits per heavy atom. The monoisotopic (exact) mass is 208 g/mol. The number of hydrogen-bond acceptors (Lipinski definition) is 3. The van der Waals surface area contributed by atoms with Crippen molar-refractivity contribution in [2.75, 3.05) is 13.1 Å². The van der Waals surface area contributed by atoms with Crippen LogP contribution in [-0.2, 0) is 11.3 Å². The van der Waals surface area contributed by atoms with Crippen molar-refractivity contribution in [3.8, 4) is 0 Å². The second-order valence-corrected chi connectivity index (χ2v) is 3.90. The van der Waals surface area contributed by atoms with E-state index in [0.717, 1.165) is 18.7 Å². The summed E-state index contributed by atoms with van der Waals surface area (Å²) in [5.74, 6) is -0.142. The number of carbonyl (C=O) groups is 1. The highest BCUT2D eigenvalue weighted by Crippen LogP contribution is 2.27. The van der Waals surface area contributed by atoms with Gasteiger partial charge in [0.1, 0.15) is 0 Å². The summed E-state index contributed by atoms with van der Waals surface area (Å²) in [4.78, 5) is 11.2. The van der Waals surface area contributed by atoms with Crippen LogP contribution in [0.1, 0.15) is 18.4 Å². The third-order valence-corrected chi connectivity index (χ3v) is 2.99. The van der Waals surface area contributed by atoms with Crippen molar-refractivity contribution in [2.45, 2.75) is 19.4 Å². The Bertz CT molecular complexity index is 360. The van der Waals surface area contributed by atoms with Crippen molar-refractivity contribution < 1.29 is 4.79 Å². The van der Waals surface area contributed by atoms with Gasteiger partial charge >= 0.3 is 0 Å². The first kappa shape index (κ1) is 10.2. The van der Waals surface area contributed by atoms with E-state index in [2.05, 4.69) is 10.4 Å². The molecule has 5 heteroatoms. The number of nitrogens with zero attached hydrogens (tertiary/aromatic N) is 2. The Labute approximate surface area is 88.6 Å². The molecule has 82 valence electrons. The van der Waals surface area contributed by atoms with Gasteiger partial charge in [0.25, 0.3) is 0 Å². The number of nitrogens with two attached hydrogens (primary N) is 1. The molecule has 1 fully saturated rings. The molecule has 2 unspecified atom stereocenters. The van der Waals surface area contributed by atoms with Gasteiger partial charge in [-0.25, -0.2) is 0 Å². The average molecular weight is 208 g/mol. The zero-order valence-corrected chi connectivity index (χ0v) is 8.81. The third kappa shape index (κ3) is 1.87. The molecule has 1 aliphatic rings. The minimum atomic E-state index is -0.228. The van der Waals surface area contributed by atoms with Crippen LogP contribution in [0.25, 0.3) is 0 Å². The SMILES string of the molecule is CCn1cc(C2CNCC2C(N)=O)cn1. The molecular weight excluding hydrogens is 192 g/mol. The van der Waals surface area contributed by atoms with Crippen molar-refractivity contribution in [3.05, 3.63) is 18.0 Å². The Balaban J connectivity index is 2.18. The van der Waals surface area contributed by atoms with Crippen molar-refractivity contribution >= 4 is 5.91 Å². The van der Waals surface area contributed by atoms with Crippen molar-refractivity contribution in [2.24, 2.45) is 11.7 Å². The highest BCUT2D eigenvalue weighted by molar-refractivity contribution is 5.78. The summed E-state index contributed by atoms with van der Waals surface area (Å²) in [6, 6.07) is 0. The molecule has 0 saturated carbocycles. The van der Waals surface area contributed by atoms with E-state index in [9.17, 15) is 4.79 Å². The number of carbonyl (C=O) groups excluding carboxylic acids is 1. The first-order chi connectivity index (χ1) is 7.22. The molecule has 2 atom stereocenters. The number of rotatable bonds is 3. The second kappa shape index (κ2) is 4.02. The van der Waals surface area contributed by atoms with Crippen LogP contribution in [0.4, 0.5) is 0 Å². The van der Waals surface area contributed by atoms with Gasteiger partial charge in [-0.2, -0.15) is 5.10 Å². The fourth-order valence-electron chi connectivity index (χ4n) is 2.07. The maximum Gasteiger partial charge on any atom is 0.222 e. The van der Waals surface area contributed by atoms with Crippen LogP contribution >= 0.6 is 0 Å². The fraction of sp³-hybridized carbons (Fsp3) is 0.600. The van der Waals surface area contributed by atoms with Crippen LogP contribution in [0.3, 0.4) is 0 Å². The topological polar surface area (TPSA) is 72.9 Å². The molecule has 5 nitrogen and oxygen atoms in total. The van der Waals surface area contributed by atoms with E-state index in [1.165, 1.54) is 0 Å². The average Bonchev–Trinajstić information content (AvgIpc) is 2.85. The summed E-state index contributed by atoms with van der Waals surface area (Å²) >= 11 is 0. The molecule has 0 aliphatic carbocycles. The molecule has 3 N–H and O–H groups in total. The van der Waals surface area contributed by atoms with Crippen LogP contribution in [-0.4, -0.2) is 28.8 Å².